The van der Waals surface area contributed by atoms with Crippen LogP contribution in [0.25, 0.3) is 0 Å². The van der Waals surface area contributed by atoms with E-state index in [-0.39, 0.29) is 11.8 Å². The largest absolute Gasteiger partial charge is 0.453 e. The van der Waals surface area contributed by atoms with E-state index in [1.807, 2.05) is 4.90 Å². The number of piperidine rings is 1. The van der Waals surface area contributed by atoms with Crippen molar-refractivity contribution >= 4 is 5.91 Å². The highest BCUT2D eigenvalue weighted by Gasteiger charge is 2.30. The Morgan fingerprint density at radius 2 is 2.15 bits per heavy atom. The maximum absolute atomic E-state index is 12.8. The van der Waals surface area contributed by atoms with Crippen molar-refractivity contribution < 1.29 is 13.9 Å². The van der Waals surface area contributed by atoms with Gasteiger partial charge in [-0.3, -0.25) is 4.79 Å². The van der Waals surface area contributed by atoms with Crippen molar-refractivity contribution in [2.75, 3.05) is 20.2 Å². The molecule has 1 unspecified atom stereocenters. The Morgan fingerprint density at radius 1 is 1.23 bits per heavy atom. The van der Waals surface area contributed by atoms with Gasteiger partial charge in [-0.05, 0) is 37.8 Å². The number of aromatic nitrogens is 3. The molecule has 1 amide bonds. The average Bonchev–Trinajstić information content (AvgIpc) is 3.23. The number of aryl methyl sites for hydroxylation is 1. The van der Waals surface area contributed by atoms with E-state index in [1.165, 1.54) is 19.3 Å². The van der Waals surface area contributed by atoms with E-state index in [1.54, 1.807) is 19.2 Å². The van der Waals surface area contributed by atoms with E-state index in [0.29, 0.717) is 24.7 Å². The highest BCUT2D eigenvalue weighted by atomic mass is 16.5. The van der Waals surface area contributed by atoms with Crippen LogP contribution in [0.3, 0.4) is 0 Å². The zero-order valence-electron chi connectivity index (χ0n) is 15.3. The number of ether oxygens (including phenoxy) is 1. The number of fused-ring (bicyclic) bond motifs is 1. The fraction of sp³-hybridized carbons (Fsp3) is 0.632. The predicted molar refractivity (Wildman–Crippen MR) is 94.9 cm³/mol. The summed E-state index contributed by atoms with van der Waals surface area (Å²) >= 11 is 0. The van der Waals surface area contributed by atoms with Gasteiger partial charge in [0.25, 0.3) is 5.91 Å². The lowest BCUT2D eigenvalue weighted by atomic mass is 9.96. The van der Waals surface area contributed by atoms with Gasteiger partial charge < -0.3 is 18.6 Å². The van der Waals surface area contributed by atoms with Gasteiger partial charge in [0.15, 0.2) is 5.76 Å². The quantitative estimate of drug-likeness (QED) is 0.840. The summed E-state index contributed by atoms with van der Waals surface area (Å²) in [7, 11) is 1.61. The molecule has 7 nitrogen and oxygen atoms in total. The minimum Gasteiger partial charge on any atom is -0.453 e. The lowest BCUT2D eigenvalue weighted by Gasteiger charge is -2.32. The molecule has 0 radical (unpaired) electrons. The molecule has 0 spiro atoms. The van der Waals surface area contributed by atoms with Crippen LogP contribution in [-0.4, -0.2) is 45.8 Å². The summed E-state index contributed by atoms with van der Waals surface area (Å²) < 4.78 is 13.0. The maximum atomic E-state index is 12.8. The molecule has 0 saturated carbocycles. The molecule has 2 aromatic heterocycles. The summed E-state index contributed by atoms with van der Waals surface area (Å²) in [6, 6.07) is 3.54. The van der Waals surface area contributed by atoms with E-state index in [4.69, 9.17) is 9.15 Å². The molecular formula is C19H26N4O3. The van der Waals surface area contributed by atoms with Gasteiger partial charge in [0, 0.05) is 39.1 Å². The van der Waals surface area contributed by atoms with Gasteiger partial charge in [-0.1, -0.05) is 6.42 Å². The van der Waals surface area contributed by atoms with Gasteiger partial charge in [-0.15, -0.1) is 10.2 Å². The molecule has 26 heavy (non-hydrogen) atoms. The number of carbonyl (C=O) groups excluding carboxylic acids is 1. The van der Waals surface area contributed by atoms with Crippen LogP contribution in [0.15, 0.2) is 16.5 Å². The molecule has 140 valence electrons. The first-order chi connectivity index (χ1) is 12.8. The molecule has 2 aliphatic heterocycles. The third-order valence-corrected chi connectivity index (χ3v) is 5.37. The Kier molecular flexibility index (Phi) is 5.06. The predicted octanol–water partition coefficient (Wildman–Crippen LogP) is 2.76. The SMILES string of the molecule is COCc1ccc(C(=O)N2CCCC(c3nnc4n3CCCCC4)C2)o1. The molecule has 0 aliphatic carbocycles. The van der Waals surface area contributed by atoms with Crippen molar-refractivity contribution in [3.8, 4) is 0 Å². The second-order valence-corrected chi connectivity index (χ2v) is 7.23. The molecule has 0 aromatic carbocycles. The van der Waals surface area contributed by atoms with E-state index < -0.39 is 0 Å². The third-order valence-electron chi connectivity index (χ3n) is 5.37. The van der Waals surface area contributed by atoms with Gasteiger partial charge in [0.2, 0.25) is 0 Å². The smallest absolute Gasteiger partial charge is 0.289 e. The van der Waals surface area contributed by atoms with E-state index in [9.17, 15) is 4.79 Å². The zero-order chi connectivity index (χ0) is 17.9. The number of likely N-dealkylation sites (tertiary alicyclic amines) is 1. The van der Waals surface area contributed by atoms with Crippen molar-refractivity contribution in [2.24, 2.45) is 0 Å². The number of furan rings is 1. The van der Waals surface area contributed by atoms with Crippen LogP contribution in [0.1, 0.15) is 66.0 Å². The average molecular weight is 358 g/mol. The fourth-order valence-corrected chi connectivity index (χ4v) is 4.05. The van der Waals surface area contributed by atoms with Crippen molar-refractivity contribution in [1.29, 1.82) is 0 Å². The molecule has 1 atom stereocenters. The van der Waals surface area contributed by atoms with Gasteiger partial charge in [0.1, 0.15) is 24.0 Å². The summed E-state index contributed by atoms with van der Waals surface area (Å²) in [5.74, 6) is 3.42. The molecule has 1 saturated heterocycles. The van der Waals surface area contributed by atoms with Crippen LogP contribution in [0.4, 0.5) is 0 Å². The topological polar surface area (TPSA) is 73.4 Å². The molecule has 7 heteroatoms. The lowest BCUT2D eigenvalue weighted by Crippen LogP contribution is -2.39. The summed E-state index contributed by atoms with van der Waals surface area (Å²) in [5.41, 5.74) is 0. The first-order valence-corrected chi connectivity index (χ1v) is 9.55. The molecule has 2 aliphatic rings. The first kappa shape index (κ1) is 17.3. The van der Waals surface area contributed by atoms with Crippen LogP contribution in [-0.2, 0) is 24.3 Å². The number of nitrogens with zero attached hydrogens (tertiary/aromatic N) is 4. The minimum atomic E-state index is -0.0485. The Balaban J connectivity index is 1.49. The lowest BCUT2D eigenvalue weighted by molar-refractivity contribution is 0.0663. The molecule has 4 rings (SSSR count). The Bertz CT molecular complexity index is 767. The highest BCUT2D eigenvalue weighted by molar-refractivity contribution is 5.91. The van der Waals surface area contributed by atoms with Crippen LogP contribution in [0, 0.1) is 0 Å². The van der Waals surface area contributed by atoms with E-state index in [0.717, 1.165) is 44.0 Å². The normalized spacial score (nSPS) is 20.7. The van der Waals surface area contributed by atoms with Crippen molar-refractivity contribution in [3.63, 3.8) is 0 Å². The molecule has 4 heterocycles. The standard InChI is InChI=1S/C19H26N4O3/c1-25-13-15-8-9-16(26-15)19(24)22-10-5-6-14(12-22)18-21-20-17-7-3-2-4-11-23(17)18/h8-9,14H,2-7,10-13H2,1H3. The third kappa shape index (κ3) is 3.40. The summed E-state index contributed by atoms with van der Waals surface area (Å²) in [5, 5.41) is 8.91. The molecule has 2 aromatic rings. The highest BCUT2D eigenvalue weighted by Crippen LogP contribution is 2.29. The maximum Gasteiger partial charge on any atom is 0.289 e. The van der Waals surface area contributed by atoms with Gasteiger partial charge in [0.05, 0.1) is 0 Å². The second kappa shape index (κ2) is 7.61. The molecule has 1 fully saturated rings. The number of methoxy groups -OCH3 is 1. The Morgan fingerprint density at radius 3 is 3.04 bits per heavy atom. The molecule has 0 bridgehead atoms. The number of carbonyl (C=O) groups is 1. The molecule has 0 N–H and O–H groups in total. The van der Waals surface area contributed by atoms with Crippen LogP contribution >= 0.6 is 0 Å². The number of hydrogen-bond acceptors (Lipinski definition) is 5. The summed E-state index contributed by atoms with van der Waals surface area (Å²) in [4.78, 5) is 14.7. The fourth-order valence-electron chi connectivity index (χ4n) is 4.05. The number of amides is 1. The van der Waals surface area contributed by atoms with Gasteiger partial charge >= 0.3 is 0 Å². The molecular weight excluding hydrogens is 332 g/mol. The summed E-state index contributed by atoms with van der Waals surface area (Å²) in [6.07, 6.45) is 6.66. The minimum absolute atomic E-state index is 0.0485. The van der Waals surface area contributed by atoms with Crippen LogP contribution < -0.4 is 0 Å². The monoisotopic (exact) mass is 358 g/mol. The van der Waals surface area contributed by atoms with Crippen molar-refractivity contribution in [1.82, 2.24) is 19.7 Å². The summed E-state index contributed by atoms with van der Waals surface area (Å²) in [6.45, 7) is 2.82. The first-order valence-electron chi connectivity index (χ1n) is 9.55. The number of rotatable bonds is 4. The van der Waals surface area contributed by atoms with Crippen molar-refractivity contribution in [3.05, 3.63) is 35.3 Å². The van der Waals surface area contributed by atoms with Crippen LogP contribution in [0.5, 0.6) is 0 Å². The number of hydrogen-bond donors (Lipinski definition) is 0. The Labute approximate surface area is 153 Å². The van der Waals surface area contributed by atoms with Gasteiger partial charge in [-0.2, -0.15) is 0 Å². The van der Waals surface area contributed by atoms with E-state index in [2.05, 4.69) is 14.8 Å². The van der Waals surface area contributed by atoms with Crippen LogP contribution in [0.2, 0.25) is 0 Å². The second-order valence-electron chi connectivity index (χ2n) is 7.23. The zero-order valence-corrected chi connectivity index (χ0v) is 15.3. The van der Waals surface area contributed by atoms with Crippen molar-refractivity contribution in [2.45, 2.75) is 57.6 Å². The van der Waals surface area contributed by atoms with E-state index >= 15 is 0 Å². The van der Waals surface area contributed by atoms with Gasteiger partial charge in [-0.25, -0.2) is 0 Å². The Hall–Kier alpha value is -2.15.